The monoisotopic (exact) mass is 254 g/mol. The summed E-state index contributed by atoms with van der Waals surface area (Å²) in [6.45, 7) is 1.04. The van der Waals surface area contributed by atoms with Gasteiger partial charge in [0.2, 0.25) is 0 Å². The highest BCUT2D eigenvalue weighted by Gasteiger charge is 2.27. The van der Waals surface area contributed by atoms with Crippen LogP contribution in [-0.4, -0.2) is 37.0 Å². The second-order valence-corrected chi connectivity index (χ2v) is 4.48. The zero-order valence-corrected chi connectivity index (χ0v) is 10.2. The van der Waals surface area contributed by atoms with E-state index in [1.54, 1.807) is 0 Å². The summed E-state index contributed by atoms with van der Waals surface area (Å²) in [6, 6.07) is 3.66. The summed E-state index contributed by atoms with van der Waals surface area (Å²) in [7, 11) is 1.82. The van der Waals surface area contributed by atoms with Crippen molar-refractivity contribution < 1.29 is 13.6 Å². The number of hydrogen-bond donors (Lipinski definition) is 1. The Bertz CT molecular complexity index is 430. The number of halogens is 2. The summed E-state index contributed by atoms with van der Waals surface area (Å²) < 4.78 is 27.1. The van der Waals surface area contributed by atoms with Crippen molar-refractivity contribution in [1.82, 2.24) is 10.2 Å². The Morgan fingerprint density at radius 2 is 2.06 bits per heavy atom. The van der Waals surface area contributed by atoms with Gasteiger partial charge in [-0.05, 0) is 32.0 Å². The highest BCUT2D eigenvalue weighted by Crippen LogP contribution is 2.18. The van der Waals surface area contributed by atoms with Gasteiger partial charge >= 0.3 is 0 Å². The quantitative estimate of drug-likeness (QED) is 0.872. The van der Waals surface area contributed by atoms with Crippen molar-refractivity contribution in [2.45, 2.75) is 18.9 Å². The van der Waals surface area contributed by atoms with Gasteiger partial charge in [0.25, 0.3) is 5.91 Å². The number of hydrogen-bond acceptors (Lipinski definition) is 2. The Kier molecular flexibility index (Phi) is 3.91. The summed E-state index contributed by atoms with van der Waals surface area (Å²) in [4.78, 5) is 13.6. The highest BCUT2D eigenvalue weighted by molar-refractivity contribution is 5.94. The SMILES string of the molecule is CNC1CCCN(C(=O)c2c(F)cccc2F)C1. The van der Waals surface area contributed by atoms with Gasteiger partial charge in [0.15, 0.2) is 0 Å². The second kappa shape index (κ2) is 5.44. The molecule has 1 fully saturated rings. The summed E-state index contributed by atoms with van der Waals surface area (Å²) in [5.41, 5.74) is -0.450. The largest absolute Gasteiger partial charge is 0.337 e. The van der Waals surface area contributed by atoms with E-state index in [0.29, 0.717) is 13.1 Å². The molecule has 1 aromatic carbocycles. The number of benzene rings is 1. The molecule has 0 aromatic heterocycles. The number of carbonyl (C=O) groups excluding carboxylic acids is 1. The van der Waals surface area contributed by atoms with Crippen LogP contribution in [0.15, 0.2) is 18.2 Å². The molecule has 1 saturated heterocycles. The fraction of sp³-hybridized carbons (Fsp3) is 0.462. The molecule has 0 saturated carbocycles. The summed E-state index contributed by atoms with van der Waals surface area (Å²) >= 11 is 0. The maximum Gasteiger partial charge on any atom is 0.259 e. The van der Waals surface area contributed by atoms with Gasteiger partial charge in [0.1, 0.15) is 17.2 Å². The van der Waals surface area contributed by atoms with Crippen LogP contribution in [0.1, 0.15) is 23.2 Å². The minimum absolute atomic E-state index is 0.192. The van der Waals surface area contributed by atoms with Gasteiger partial charge in [-0.3, -0.25) is 4.79 Å². The fourth-order valence-corrected chi connectivity index (χ4v) is 2.26. The van der Waals surface area contributed by atoms with Gasteiger partial charge < -0.3 is 10.2 Å². The zero-order valence-electron chi connectivity index (χ0n) is 10.2. The lowest BCUT2D eigenvalue weighted by Gasteiger charge is -2.32. The van der Waals surface area contributed by atoms with Crippen LogP contribution in [-0.2, 0) is 0 Å². The van der Waals surface area contributed by atoms with Crippen LogP contribution in [0.25, 0.3) is 0 Å². The van der Waals surface area contributed by atoms with Gasteiger partial charge in [-0.15, -0.1) is 0 Å². The maximum absolute atomic E-state index is 13.5. The number of likely N-dealkylation sites (tertiary alicyclic amines) is 1. The Morgan fingerprint density at radius 1 is 1.39 bits per heavy atom. The Balaban J connectivity index is 2.20. The number of nitrogens with one attached hydrogen (secondary N) is 1. The van der Waals surface area contributed by atoms with Crippen molar-refractivity contribution in [2.24, 2.45) is 0 Å². The van der Waals surface area contributed by atoms with Gasteiger partial charge in [-0.2, -0.15) is 0 Å². The molecule has 0 spiro atoms. The summed E-state index contributed by atoms with van der Waals surface area (Å²) in [5, 5.41) is 3.09. The molecule has 0 aliphatic carbocycles. The molecular weight excluding hydrogens is 238 g/mol. The van der Waals surface area contributed by atoms with Crippen LogP contribution in [0.4, 0.5) is 8.78 Å². The average molecular weight is 254 g/mol. The molecule has 0 radical (unpaired) electrons. The first-order valence-electron chi connectivity index (χ1n) is 6.04. The molecule has 1 atom stereocenters. The molecule has 18 heavy (non-hydrogen) atoms. The van der Waals surface area contributed by atoms with Crippen molar-refractivity contribution in [3.8, 4) is 0 Å². The van der Waals surface area contributed by atoms with Crippen molar-refractivity contribution in [3.05, 3.63) is 35.4 Å². The number of piperidine rings is 1. The molecule has 1 N–H and O–H groups in total. The number of carbonyl (C=O) groups is 1. The summed E-state index contributed by atoms with van der Waals surface area (Å²) in [6.07, 6.45) is 1.81. The topological polar surface area (TPSA) is 32.3 Å². The average Bonchev–Trinajstić information content (AvgIpc) is 2.38. The van der Waals surface area contributed by atoms with Crippen LogP contribution in [0.5, 0.6) is 0 Å². The number of nitrogens with zero attached hydrogens (tertiary/aromatic N) is 1. The standard InChI is InChI=1S/C13H16F2N2O/c1-16-9-4-3-7-17(8-9)13(18)12-10(14)5-2-6-11(12)15/h2,5-6,9,16H,3-4,7-8H2,1H3. The van der Waals surface area contributed by atoms with Crippen molar-refractivity contribution in [3.63, 3.8) is 0 Å². The molecule has 1 amide bonds. The first-order chi connectivity index (χ1) is 8.63. The molecular formula is C13H16F2N2O. The smallest absolute Gasteiger partial charge is 0.259 e. The predicted molar refractivity (Wildman–Crippen MR) is 64.3 cm³/mol. The first-order valence-corrected chi connectivity index (χ1v) is 6.04. The molecule has 0 bridgehead atoms. The Morgan fingerprint density at radius 3 is 2.67 bits per heavy atom. The third kappa shape index (κ3) is 2.51. The summed E-state index contributed by atoms with van der Waals surface area (Å²) in [5.74, 6) is -2.16. The van der Waals surface area contributed by atoms with E-state index in [2.05, 4.69) is 5.32 Å². The van der Waals surface area contributed by atoms with Crippen LogP contribution < -0.4 is 5.32 Å². The third-order valence-electron chi connectivity index (χ3n) is 3.29. The Hall–Kier alpha value is -1.49. The highest BCUT2D eigenvalue weighted by atomic mass is 19.1. The maximum atomic E-state index is 13.5. The molecule has 5 heteroatoms. The van der Waals surface area contributed by atoms with Gasteiger partial charge in [0, 0.05) is 19.1 Å². The van der Waals surface area contributed by atoms with E-state index < -0.39 is 23.1 Å². The number of rotatable bonds is 2. The van der Waals surface area contributed by atoms with Crippen molar-refractivity contribution in [1.29, 1.82) is 0 Å². The van der Waals surface area contributed by atoms with Crippen LogP contribution in [0.3, 0.4) is 0 Å². The molecule has 1 aromatic rings. The van der Waals surface area contributed by atoms with Crippen molar-refractivity contribution in [2.75, 3.05) is 20.1 Å². The van der Waals surface area contributed by atoms with Crippen LogP contribution in [0.2, 0.25) is 0 Å². The van der Waals surface area contributed by atoms with E-state index in [-0.39, 0.29) is 6.04 Å². The van der Waals surface area contributed by atoms with Gasteiger partial charge in [-0.1, -0.05) is 6.07 Å². The third-order valence-corrected chi connectivity index (χ3v) is 3.29. The number of likely N-dealkylation sites (N-methyl/N-ethyl adjacent to an activating group) is 1. The molecule has 3 nitrogen and oxygen atoms in total. The van der Waals surface area contributed by atoms with Gasteiger partial charge in [0.05, 0.1) is 0 Å². The van der Waals surface area contributed by atoms with E-state index in [1.165, 1.54) is 11.0 Å². The minimum Gasteiger partial charge on any atom is -0.337 e. The second-order valence-electron chi connectivity index (χ2n) is 4.48. The van der Waals surface area contributed by atoms with Crippen molar-refractivity contribution >= 4 is 5.91 Å². The molecule has 2 rings (SSSR count). The zero-order chi connectivity index (χ0) is 13.1. The molecule has 1 aliphatic heterocycles. The molecule has 98 valence electrons. The van der Waals surface area contributed by atoms with E-state index in [0.717, 1.165) is 25.0 Å². The molecule has 1 heterocycles. The van der Waals surface area contributed by atoms with E-state index in [4.69, 9.17) is 0 Å². The first kappa shape index (κ1) is 13.0. The lowest BCUT2D eigenvalue weighted by atomic mass is 10.0. The molecule has 1 unspecified atom stereocenters. The Labute approximate surface area is 105 Å². The lowest BCUT2D eigenvalue weighted by molar-refractivity contribution is 0.0688. The van der Waals surface area contributed by atoms with Crippen LogP contribution in [0, 0.1) is 11.6 Å². The predicted octanol–water partition coefficient (Wildman–Crippen LogP) is 1.79. The van der Waals surface area contributed by atoms with Gasteiger partial charge in [-0.25, -0.2) is 8.78 Å². The minimum atomic E-state index is -0.799. The molecule has 1 aliphatic rings. The van der Waals surface area contributed by atoms with E-state index in [1.807, 2.05) is 7.05 Å². The number of amides is 1. The van der Waals surface area contributed by atoms with E-state index in [9.17, 15) is 13.6 Å². The fourth-order valence-electron chi connectivity index (χ4n) is 2.26. The normalized spacial score (nSPS) is 19.9. The van der Waals surface area contributed by atoms with E-state index >= 15 is 0 Å². The lowest BCUT2D eigenvalue weighted by Crippen LogP contribution is -2.47. The van der Waals surface area contributed by atoms with Crippen LogP contribution >= 0.6 is 0 Å².